The molecule has 3 unspecified atom stereocenters. The van der Waals surface area contributed by atoms with Crippen LogP contribution >= 0.6 is 0 Å². The Labute approximate surface area is 120 Å². The Morgan fingerprint density at radius 2 is 1.80 bits per heavy atom. The zero-order valence-corrected chi connectivity index (χ0v) is 13.0. The number of carbonyl (C=O) groups excluding carboxylic acids is 1. The van der Waals surface area contributed by atoms with E-state index in [1.165, 1.54) is 0 Å². The smallest absolute Gasteiger partial charge is 0.317 e. The molecule has 1 fully saturated rings. The van der Waals surface area contributed by atoms with Crippen LogP contribution in [-0.4, -0.2) is 53.3 Å². The number of hydrogen-bond acceptors (Lipinski definition) is 3. The largest absolute Gasteiger partial charge is 0.481 e. The molecule has 3 atom stereocenters. The number of rotatable bonds is 3. The number of morpholine rings is 1. The van der Waals surface area contributed by atoms with E-state index in [4.69, 9.17) is 9.84 Å². The summed E-state index contributed by atoms with van der Waals surface area (Å²) in [5, 5.41) is 11.8. The van der Waals surface area contributed by atoms with Crippen LogP contribution in [0.4, 0.5) is 4.79 Å². The van der Waals surface area contributed by atoms with Gasteiger partial charge in [0.25, 0.3) is 0 Å². The summed E-state index contributed by atoms with van der Waals surface area (Å²) in [6.45, 7) is 10.7. The molecular formula is C14H26N2O4. The first-order chi connectivity index (χ1) is 9.09. The highest BCUT2D eigenvalue weighted by molar-refractivity contribution is 5.76. The third-order valence-corrected chi connectivity index (χ3v) is 3.43. The molecule has 2 amide bonds. The highest BCUT2D eigenvalue weighted by Crippen LogP contribution is 2.22. The average molecular weight is 286 g/mol. The van der Waals surface area contributed by atoms with Crippen molar-refractivity contribution in [2.75, 3.05) is 13.1 Å². The topological polar surface area (TPSA) is 78.9 Å². The number of aliphatic carboxylic acids is 1. The molecule has 0 spiro atoms. The number of urea groups is 1. The minimum absolute atomic E-state index is 0.00272. The van der Waals surface area contributed by atoms with Crippen molar-refractivity contribution in [2.45, 2.75) is 59.3 Å². The van der Waals surface area contributed by atoms with E-state index in [9.17, 15) is 9.59 Å². The van der Waals surface area contributed by atoms with E-state index in [1.54, 1.807) is 4.90 Å². The van der Waals surface area contributed by atoms with Crippen LogP contribution < -0.4 is 5.32 Å². The van der Waals surface area contributed by atoms with Gasteiger partial charge in [-0.3, -0.25) is 4.79 Å². The number of amides is 2. The van der Waals surface area contributed by atoms with Gasteiger partial charge < -0.3 is 20.1 Å². The van der Waals surface area contributed by atoms with Crippen molar-refractivity contribution in [1.29, 1.82) is 0 Å². The third-order valence-electron chi connectivity index (χ3n) is 3.43. The number of hydrogen-bond donors (Lipinski definition) is 2. The molecule has 116 valence electrons. The van der Waals surface area contributed by atoms with E-state index >= 15 is 0 Å². The van der Waals surface area contributed by atoms with Gasteiger partial charge in [0.05, 0.1) is 18.6 Å². The van der Waals surface area contributed by atoms with Crippen LogP contribution in [0.5, 0.6) is 0 Å². The summed E-state index contributed by atoms with van der Waals surface area (Å²) >= 11 is 0. The van der Waals surface area contributed by atoms with Gasteiger partial charge in [-0.05, 0) is 19.3 Å². The molecule has 0 aromatic carbocycles. The molecule has 1 rings (SSSR count). The molecule has 0 aromatic heterocycles. The lowest BCUT2D eigenvalue weighted by Crippen LogP contribution is -2.55. The number of nitrogens with zero attached hydrogens (tertiary/aromatic N) is 1. The van der Waals surface area contributed by atoms with Crippen LogP contribution in [-0.2, 0) is 9.53 Å². The maximum atomic E-state index is 12.3. The Bertz CT molecular complexity index is 355. The average Bonchev–Trinajstić information content (AvgIpc) is 2.24. The molecule has 1 saturated heterocycles. The van der Waals surface area contributed by atoms with E-state index in [1.807, 2.05) is 34.6 Å². The standard InChI is InChI=1S/C14H26N2O4/c1-9-7-16(8-10(2)20-9)13(19)15-11(6-12(17)18)14(3,4)5/h9-11H,6-8H2,1-5H3,(H,15,19)(H,17,18). The molecule has 0 radical (unpaired) electrons. The second kappa shape index (κ2) is 6.43. The predicted octanol–water partition coefficient (Wildman–Crippen LogP) is 1.69. The van der Waals surface area contributed by atoms with Crippen molar-refractivity contribution >= 4 is 12.0 Å². The Kier molecular flexibility index (Phi) is 5.39. The molecule has 0 bridgehead atoms. The number of ether oxygens (including phenoxy) is 1. The summed E-state index contributed by atoms with van der Waals surface area (Å²) < 4.78 is 5.59. The van der Waals surface area contributed by atoms with Gasteiger partial charge in [0.15, 0.2) is 0 Å². The maximum absolute atomic E-state index is 12.3. The molecule has 1 aliphatic heterocycles. The van der Waals surface area contributed by atoms with Crippen LogP contribution in [0.1, 0.15) is 41.0 Å². The van der Waals surface area contributed by atoms with Gasteiger partial charge in [-0.25, -0.2) is 4.79 Å². The Hall–Kier alpha value is -1.30. The molecule has 0 saturated carbocycles. The van der Waals surface area contributed by atoms with Crippen molar-refractivity contribution in [1.82, 2.24) is 10.2 Å². The lowest BCUT2D eigenvalue weighted by Gasteiger charge is -2.38. The predicted molar refractivity (Wildman–Crippen MR) is 75.6 cm³/mol. The zero-order valence-electron chi connectivity index (χ0n) is 13.0. The summed E-state index contributed by atoms with van der Waals surface area (Å²) in [5.41, 5.74) is -0.308. The van der Waals surface area contributed by atoms with E-state index < -0.39 is 12.0 Å². The Morgan fingerprint density at radius 1 is 1.30 bits per heavy atom. The van der Waals surface area contributed by atoms with Gasteiger partial charge >= 0.3 is 12.0 Å². The van der Waals surface area contributed by atoms with Crippen molar-refractivity contribution in [3.63, 3.8) is 0 Å². The monoisotopic (exact) mass is 286 g/mol. The van der Waals surface area contributed by atoms with Gasteiger partial charge in [0.1, 0.15) is 0 Å². The second-order valence-electron chi connectivity index (χ2n) is 6.63. The fourth-order valence-electron chi connectivity index (χ4n) is 2.33. The lowest BCUT2D eigenvalue weighted by atomic mass is 9.85. The van der Waals surface area contributed by atoms with Crippen molar-refractivity contribution in [3.8, 4) is 0 Å². The first kappa shape index (κ1) is 16.8. The van der Waals surface area contributed by atoms with Gasteiger partial charge in [-0.15, -0.1) is 0 Å². The molecular weight excluding hydrogens is 260 g/mol. The summed E-state index contributed by atoms with van der Waals surface area (Å²) in [6, 6.07) is -0.617. The summed E-state index contributed by atoms with van der Waals surface area (Å²) in [4.78, 5) is 24.9. The number of carboxylic acid groups (broad SMARTS) is 1. The van der Waals surface area contributed by atoms with Crippen LogP contribution in [0.25, 0.3) is 0 Å². The van der Waals surface area contributed by atoms with Crippen molar-refractivity contribution < 1.29 is 19.4 Å². The maximum Gasteiger partial charge on any atom is 0.317 e. The number of nitrogens with one attached hydrogen (secondary N) is 1. The van der Waals surface area contributed by atoms with E-state index in [0.717, 1.165) is 0 Å². The molecule has 20 heavy (non-hydrogen) atoms. The quantitative estimate of drug-likeness (QED) is 0.827. The minimum Gasteiger partial charge on any atom is -0.481 e. The van der Waals surface area contributed by atoms with Gasteiger partial charge in [0, 0.05) is 19.1 Å². The molecule has 0 aliphatic carbocycles. The van der Waals surface area contributed by atoms with Gasteiger partial charge in [0.2, 0.25) is 0 Å². The lowest BCUT2D eigenvalue weighted by molar-refractivity contribution is -0.138. The fraction of sp³-hybridized carbons (Fsp3) is 0.857. The van der Waals surface area contributed by atoms with E-state index in [2.05, 4.69) is 5.32 Å². The Balaban J connectivity index is 2.68. The van der Waals surface area contributed by atoms with Crippen molar-refractivity contribution in [3.05, 3.63) is 0 Å². The summed E-state index contributed by atoms with van der Waals surface area (Å²) in [5.74, 6) is -0.908. The van der Waals surface area contributed by atoms with Crippen molar-refractivity contribution in [2.24, 2.45) is 5.41 Å². The second-order valence-corrected chi connectivity index (χ2v) is 6.63. The normalized spacial score (nSPS) is 25.1. The molecule has 1 heterocycles. The fourth-order valence-corrected chi connectivity index (χ4v) is 2.33. The first-order valence-electron chi connectivity index (χ1n) is 7.02. The highest BCUT2D eigenvalue weighted by atomic mass is 16.5. The minimum atomic E-state index is -0.908. The van der Waals surface area contributed by atoms with Crippen LogP contribution in [0.15, 0.2) is 0 Å². The van der Waals surface area contributed by atoms with Crippen LogP contribution in [0.3, 0.4) is 0 Å². The van der Waals surface area contributed by atoms with Gasteiger partial charge in [-0.1, -0.05) is 20.8 Å². The SMILES string of the molecule is CC1CN(C(=O)NC(CC(=O)O)C(C)(C)C)CC(C)O1. The molecule has 0 aromatic rings. The summed E-state index contributed by atoms with van der Waals surface area (Å²) in [6.07, 6.45) is -0.0841. The molecule has 1 aliphatic rings. The van der Waals surface area contributed by atoms with E-state index in [-0.39, 0.29) is 30.1 Å². The van der Waals surface area contributed by atoms with Gasteiger partial charge in [-0.2, -0.15) is 0 Å². The number of carbonyl (C=O) groups is 2. The van der Waals surface area contributed by atoms with Crippen LogP contribution in [0.2, 0.25) is 0 Å². The van der Waals surface area contributed by atoms with Crippen LogP contribution in [0, 0.1) is 5.41 Å². The molecule has 6 heteroatoms. The number of carboxylic acids is 1. The molecule has 2 N–H and O–H groups in total. The summed E-state index contributed by atoms with van der Waals surface area (Å²) in [7, 11) is 0. The Morgan fingerprint density at radius 3 is 2.20 bits per heavy atom. The first-order valence-corrected chi connectivity index (χ1v) is 7.02. The van der Waals surface area contributed by atoms with E-state index in [0.29, 0.717) is 13.1 Å². The zero-order chi connectivity index (χ0) is 15.5. The highest BCUT2D eigenvalue weighted by Gasteiger charge is 2.32. The molecule has 6 nitrogen and oxygen atoms in total. The third kappa shape index (κ3) is 5.00.